The second kappa shape index (κ2) is 9.12. The molecule has 0 bridgehead atoms. The Morgan fingerprint density at radius 2 is 1.62 bits per heavy atom. The summed E-state index contributed by atoms with van der Waals surface area (Å²) in [4.78, 5) is 37.1. The van der Waals surface area contributed by atoms with Crippen LogP contribution in [0.2, 0.25) is 0 Å². The Kier molecular flexibility index (Phi) is 6.88. The first kappa shape index (κ1) is 19.6. The Hall–Kier alpha value is -2.71. The van der Waals surface area contributed by atoms with Gasteiger partial charge in [-0.15, -0.1) is 0 Å². The predicted molar refractivity (Wildman–Crippen MR) is 103 cm³/mol. The van der Waals surface area contributed by atoms with Gasteiger partial charge in [0.05, 0.1) is 6.04 Å². The fraction of sp³-hybridized carbons (Fsp3) is 0.278. The molecule has 2 rings (SSSR count). The molecule has 0 aliphatic heterocycles. The molecule has 138 valence electrons. The molecule has 1 aromatic heterocycles. The molecule has 1 unspecified atom stereocenters. The average Bonchev–Trinajstić information content (AvgIpc) is 3.10. The zero-order valence-electron chi connectivity index (χ0n) is 14.9. The molecule has 0 radical (unpaired) electrons. The van der Waals surface area contributed by atoms with Crippen LogP contribution in [0, 0.1) is 0 Å². The Morgan fingerprint density at radius 1 is 1.00 bits per heavy atom. The summed E-state index contributed by atoms with van der Waals surface area (Å²) in [6, 6.07) is 8.52. The number of rotatable bonds is 6. The average molecular weight is 374 g/mol. The van der Waals surface area contributed by atoms with E-state index in [-0.39, 0.29) is 11.9 Å². The van der Waals surface area contributed by atoms with E-state index in [0.717, 1.165) is 5.56 Å². The Balaban J connectivity index is 1.89. The molecule has 1 heterocycles. The highest BCUT2D eigenvalue weighted by Crippen LogP contribution is 2.20. The molecule has 0 saturated carbocycles. The normalized spacial score (nSPS) is 11.7. The minimum atomic E-state index is -0.736. The minimum Gasteiger partial charge on any atom is -0.346 e. The number of nitrogens with one attached hydrogen (secondary N) is 3. The molecule has 1 atom stereocenters. The van der Waals surface area contributed by atoms with Gasteiger partial charge in [0.1, 0.15) is 0 Å². The van der Waals surface area contributed by atoms with Gasteiger partial charge in [-0.25, -0.2) is 0 Å². The summed E-state index contributed by atoms with van der Waals surface area (Å²) in [7, 11) is 3.84. The van der Waals surface area contributed by atoms with Gasteiger partial charge in [-0.3, -0.25) is 14.4 Å². The van der Waals surface area contributed by atoms with Crippen LogP contribution in [-0.2, 0) is 14.4 Å². The van der Waals surface area contributed by atoms with Crippen molar-refractivity contribution in [3.05, 3.63) is 46.7 Å². The topological polar surface area (TPSA) is 90.5 Å². The molecule has 0 aliphatic carbocycles. The summed E-state index contributed by atoms with van der Waals surface area (Å²) in [6.45, 7) is 1.74. The number of likely N-dealkylation sites (N-methyl/N-ethyl adjacent to an activating group) is 1. The van der Waals surface area contributed by atoms with Crippen LogP contribution in [0.3, 0.4) is 0 Å². The van der Waals surface area contributed by atoms with Gasteiger partial charge in [0, 0.05) is 24.8 Å². The zero-order chi connectivity index (χ0) is 19.1. The SMILES string of the molecule is CC(=O)Nc1ccc(NC(=O)C(=O)NCC(c2ccsc2)N(C)C)cc1. The van der Waals surface area contributed by atoms with Crippen LogP contribution in [0.4, 0.5) is 11.4 Å². The molecule has 0 aliphatic rings. The third-order valence-corrected chi connectivity index (χ3v) is 4.38. The van der Waals surface area contributed by atoms with E-state index in [1.54, 1.807) is 35.6 Å². The highest BCUT2D eigenvalue weighted by molar-refractivity contribution is 7.08. The summed E-state index contributed by atoms with van der Waals surface area (Å²) < 4.78 is 0. The molecule has 1 aromatic carbocycles. The zero-order valence-corrected chi connectivity index (χ0v) is 15.7. The highest BCUT2D eigenvalue weighted by Gasteiger charge is 2.19. The van der Waals surface area contributed by atoms with Crippen molar-refractivity contribution in [2.75, 3.05) is 31.3 Å². The number of hydrogen-bond acceptors (Lipinski definition) is 5. The molecule has 8 heteroatoms. The quantitative estimate of drug-likeness (QED) is 0.675. The van der Waals surface area contributed by atoms with Crippen molar-refractivity contribution in [3.8, 4) is 0 Å². The highest BCUT2D eigenvalue weighted by atomic mass is 32.1. The third kappa shape index (κ3) is 5.68. The van der Waals surface area contributed by atoms with E-state index in [9.17, 15) is 14.4 Å². The number of carbonyl (C=O) groups excluding carboxylic acids is 3. The maximum absolute atomic E-state index is 12.1. The minimum absolute atomic E-state index is 0.00469. The first-order chi connectivity index (χ1) is 12.4. The molecule has 26 heavy (non-hydrogen) atoms. The van der Waals surface area contributed by atoms with Gasteiger partial charge >= 0.3 is 11.8 Å². The van der Waals surface area contributed by atoms with Crippen molar-refractivity contribution in [2.24, 2.45) is 0 Å². The molecule has 2 aromatic rings. The van der Waals surface area contributed by atoms with Crippen LogP contribution in [0.15, 0.2) is 41.1 Å². The van der Waals surface area contributed by atoms with E-state index < -0.39 is 11.8 Å². The van der Waals surface area contributed by atoms with Crippen molar-refractivity contribution < 1.29 is 14.4 Å². The number of anilines is 2. The Bertz CT molecular complexity index is 757. The number of thiophene rings is 1. The standard InChI is InChI=1S/C18H22N4O3S/c1-12(23)20-14-4-6-15(7-5-14)21-18(25)17(24)19-10-16(22(2)3)13-8-9-26-11-13/h4-9,11,16H,10H2,1-3H3,(H,19,24)(H,20,23)(H,21,25). The third-order valence-electron chi connectivity index (χ3n) is 3.68. The molecule has 0 spiro atoms. The second-order valence-electron chi connectivity index (χ2n) is 5.96. The predicted octanol–water partition coefficient (Wildman–Crippen LogP) is 2.06. The molecule has 3 N–H and O–H groups in total. The van der Waals surface area contributed by atoms with E-state index in [1.807, 2.05) is 35.8 Å². The van der Waals surface area contributed by atoms with E-state index in [2.05, 4.69) is 16.0 Å². The maximum Gasteiger partial charge on any atom is 0.313 e. The van der Waals surface area contributed by atoms with Crippen LogP contribution in [0.1, 0.15) is 18.5 Å². The fourth-order valence-corrected chi connectivity index (χ4v) is 3.07. The Labute approximate surface area is 156 Å². The second-order valence-corrected chi connectivity index (χ2v) is 6.74. The lowest BCUT2D eigenvalue weighted by Gasteiger charge is -2.23. The fourth-order valence-electron chi connectivity index (χ4n) is 2.36. The van der Waals surface area contributed by atoms with Gasteiger partial charge in [-0.05, 0) is 60.8 Å². The molecule has 0 fully saturated rings. The van der Waals surface area contributed by atoms with Crippen LogP contribution >= 0.6 is 11.3 Å². The van der Waals surface area contributed by atoms with Crippen molar-refractivity contribution >= 4 is 40.4 Å². The van der Waals surface area contributed by atoms with E-state index in [4.69, 9.17) is 0 Å². The maximum atomic E-state index is 12.1. The van der Waals surface area contributed by atoms with Crippen molar-refractivity contribution in [3.63, 3.8) is 0 Å². The number of carbonyl (C=O) groups is 3. The molecule has 0 saturated heterocycles. The molecule has 7 nitrogen and oxygen atoms in total. The van der Waals surface area contributed by atoms with Crippen molar-refractivity contribution in [1.29, 1.82) is 0 Å². The van der Waals surface area contributed by atoms with Crippen LogP contribution in [0.25, 0.3) is 0 Å². The largest absolute Gasteiger partial charge is 0.346 e. The van der Waals surface area contributed by atoms with Gasteiger partial charge in [-0.1, -0.05) is 0 Å². The van der Waals surface area contributed by atoms with Crippen LogP contribution in [-0.4, -0.2) is 43.3 Å². The molecular weight excluding hydrogens is 352 g/mol. The van der Waals surface area contributed by atoms with Gasteiger partial charge < -0.3 is 20.9 Å². The monoisotopic (exact) mass is 374 g/mol. The van der Waals surface area contributed by atoms with Crippen LogP contribution < -0.4 is 16.0 Å². The van der Waals surface area contributed by atoms with Gasteiger partial charge in [0.15, 0.2) is 0 Å². The first-order valence-corrected chi connectivity index (χ1v) is 8.96. The molecular formula is C18H22N4O3S. The number of hydrogen-bond donors (Lipinski definition) is 3. The summed E-state index contributed by atoms with van der Waals surface area (Å²) in [5.74, 6) is -1.61. The lowest BCUT2D eigenvalue weighted by Crippen LogP contribution is -2.40. The van der Waals surface area contributed by atoms with Gasteiger partial charge in [0.2, 0.25) is 5.91 Å². The molecule has 3 amide bonds. The van der Waals surface area contributed by atoms with Gasteiger partial charge in [-0.2, -0.15) is 11.3 Å². The lowest BCUT2D eigenvalue weighted by molar-refractivity contribution is -0.136. The van der Waals surface area contributed by atoms with Crippen LogP contribution in [0.5, 0.6) is 0 Å². The number of benzene rings is 1. The lowest BCUT2D eigenvalue weighted by atomic mass is 10.1. The Morgan fingerprint density at radius 3 is 2.12 bits per heavy atom. The van der Waals surface area contributed by atoms with E-state index in [1.165, 1.54) is 6.92 Å². The van der Waals surface area contributed by atoms with Gasteiger partial charge in [0.25, 0.3) is 0 Å². The smallest absolute Gasteiger partial charge is 0.313 e. The summed E-state index contributed by atoms with van der Waals surface area (Å²) in [5.41, 5.74) is 2.18. The van der Waals surface area contributed by atoms with Crippen molar-refractivity contribution in [1.82, 2.24) is 10.2 Å². The number of nitrogens with zero attached hydrogens (tertiary/aromatic N) is 1. The van der Waals surface area contributed by atoms with Crippen molar-refractivity contribution in [2.45, 2.75) is 13.0 Å². The summed E-state index contributed by atoms with van der Waals surface area (Å²) >= 11 is 1.59. The van der Waals surface area contributed by atoms with E-state index in [0.29, 0.717) is 17.9 Å². The first-order valence-electron chi connectivity index (χ1n) is 8.02. The summed E-state index contributed by atoms with van der Waals surface area (Å²) in [6.07, 6.45) is 0. The van der Waals surface area contributed by atoms with E-state index >= 15 is 0 Å². The number of amides is 3. The summed E-state index contributed by atoms with van der Waals surface area (Å²) in [5, 5.41) is 11.8.